The van der Waals surface area contributed by atoms with Gasteiger partial charge >= 0.3 is 0 Å². The summed E-state index contributed by atoms with van der Waals surface area (Å²) >= 11 is 0. The lowest BCUT2D eigenvalue weighted by molar-refractivity contribution is 0.0955. The Hall–Kier alpha value is -3.40. The van der Waals surface area contributed by atoms with Crippen molar-refractivity contribution >= 4 is 16.9 Å². The van der Waals surface area contributed by atoms with Gasteiger partial charge in [-0.25, -0.2) is 4.98 Å². The van der Waals surface area contributed by atoms with Gasteiger partial charge in [0.25, 0.3) is 5.91 Å². The molecule has 4 rings (SSSR count). The van der Waals surface area contributed by atoms with Gasteiger partial charge in [0.05, 0.1) is 11.0 Å². The molecule has 1 heterocycles. The number of carbonyl (C=O) groups is 1. The first kappa shape index (κ1) is 16.1. The minimum absolute atomic E-state index is 0.0940. The highest BCUT2D eigenvalue weighted by Crippen LogP contribution is 2.21. The van der Waals surface area contributed by atoms with E-state index in [9.17, 15) is 4.79 Å². The fourth-order valence-electron chi connectivity index (χ4n) is 3.00. The summed E-state index contributed by atoms with van der Waals surface area (Å²) < 4.78 is 7.50. The standard InChI is InChI=1S/C22H18N2O2/c1-16-9-5-6-12-18(16)22(25)24-20-14-8-7-13-19(20)23-21(24)15-26-17-10-3-2-4-11-17/h2-14H,15H2,1H3. The molecule has 0 bridgehead atoms. The third kappa shape index (κ3) is 2.97. The topological polar surface area (TPSA) is 44.1 Å². The largest absolute Gasteiger partial charge is 0.486 e. The van der Waals surface area contributed by atoms with Gasteiger partial charge < -0.3 is 4.74 Å². The summed E-state index contributed by atoms with van der Waals surface area (Å²) in [6, 6.07) is 24.8. The van der Waals surface area contributed by atoms with E-state index in [1.54, 1.807) is 4.57 Å². The number of benzene rings is 3. The summed E-state index contributed by atoms with van der Waals surface area (Å²) in [5.74, 6) is 1.24. The molecule has 0 unspecified atom stereocenters. The van der Waals surface area contributed by atoms with Crippen LogP contribution >= 0.6 is 0 Å². The Morgan fingerprint density at radius 2 is 1.62 bits per heavy atom. The number of hydrogen-bond donors (Lipinski definition) is 0. The van der Waals surface area contributed by atoms with Gasteiger partial charge in [-0.1, -0.05) is 48.5 Å². The fourth-order valence-corrected chi connectivity index (χ4v) is 3.00. The molecule has 0 saturated heterocycles. The number of hydrogen-bond acceptors (Lipinski definition) is 3. The first-order valence-corrected chi connectivity index (χ1v) is 8.48. The van der Waals surface area contributed by atoms with Crippen molar-refractivity contribution in [1.29, 1.82) is 0 Å². The number of rotatable bonds is 4. The minimum Gasteiger partial charge on any atom is -0.486 e. The van der Waals surface area contributed by atoms with Crippen molar-refractivity contribution in [1.82, 2.24) is 9.55 Å². The van der Waals surface area contributed by atoms with Crippen LogP contribution in [0.5, 0.6) is 5.75 Å². The predicted octanol–water partition coefficient (Wildman–Crippen LogP) is 4.61. The average molecular weight is 342 g/mol. The van der Waals surface area contributed by atoms with Crippen LogP contribution in [0.3, 0.4) is 0 Å². The van der Waals surface area contributed by atoms with E-state index in [0.717, 1.165) is 22.3 Å². The van der Waals surface area contributed by atoms with Gasteiger partial charge in [-0.05, 0) is 42.8 Å². The molecule has 0 aliphatic rings. The monoisotopic (exact) mass is 342 g/mol. The number of ether oxygens (including phenoxy) is 1. The van der Waals surface area contributed by atoms with Crippen molar-refractivity contribution in [2.24, 2.45) is 0 Å². The van der Waals surface area contributed by atoms with Gasteiger partial charge in [0.15, 0.2) is 5.82 Å². The highest BCUT2D eigenvalue weighted by Gasteiger charge is 2.19. The molecule has 0 radical (unpaired) electrons. The zero-order valence-corrected chi connectivity index (χ0v) is 14.4. The third-order valence-electron chi connectivity index (χ3n) is 4.32. The Balaban J connectivity index is 1.77. The van der Waals surface area contributed by atoms with E-state index in [2.05, 4.69) is 4.98 Å². The SMILES string of the molecule is Cc1ccccc1C(=O)n1c(COc2ccccc2)nc2ccccc21. The van der Waals surface area contributed by atoms with Gasteiger partial charge in [-0.2, -0.15) is 0 Å². The lowest BCUT2D eigenvalue weighted by Crippen LogP contribution is -2.17. The molecule has 0 N–H and O–H groups in total. The minimum atomic E-state index is -0.0940. The number of nitrogens with zero attached hydrogens (tertiary/aromatic N) is 2. The van der Waals surface area contributed by atoms with Crippen LogP contribution in [0.1, 0.15) is 21.7 Å². The molecule has 3 aromatic carbocycles. The van der Waals surface area contributed by atoms with Gasteiger partial charge in [0.2, 0.25) is 0 Å². The summed E-state index contributed by atoms with van der Waals surface area (Å²) in [6.45, 7) is 2.16. The summed E-state index contributed by atoms with van der Waals surface area (Å²) in [7, 11) is 0. The molecule has 0 fully saturated rings. The summed E-state index contributed by atoms with van der Waals surface area (Å²) in [5, 5.41) is 0. The number of aryl methyl sites for hydroxylation is 1. The quantitative estimate of drug-likeness (QED) is 0.544. The van der Waals surface area contributed by atoms with E-state index >= 15 is 0 Å². The number of carbonyl (C=O) groups excluding carboxylic acids is 1. The van der Waals surface area contributed by atoms with Crippen LogP contribution < -0.4 is 4.74 Å². The maximum absolute atomic E-state index is 13.2. The highest BCUT2D eigenvalue weighted by atomic mass is 16.5. The molecule has 4 heteroatoms. The maximum atomic E-state index is 13.2. The first-order valence-electron chi connectivity index (χ1n) is 8.48. The fraction of sp³-hybridized carbons (Fsp3) is 0.0909. The molecule has 0 amide bonds. The summed E-state index contributed by atoms with van der Waals surface area (Å²) in [5.41, 5.74) is 3.16. The maximum Gasteiger partial charge on any atom is 0.264 e. The zero-order chi connectivity index (χ0) is 17.9. The van der Waals surface area contributed by atoms with Crippen LogP contribution in [-0.4, -0.2) is 15.5 Å². The van der Waals surface area contributed by atoms with Crippen molar-refractivity contribution in [3.8, 4) is 5.75 Å². The lowest BCUT2D eigenvalue weighted by atomic mass is 10.1. The van der Waals surface area contributed by atoms with Crippen LogP contribution in [0.2, 0.25) is 0 Å². The molecule has 1 aromatic heterocycles. The molecule has 0 aliphatic carbocycles. The second kappa shape index (κ2) is 6.84. The van der Waals surface area contributed by atoms with Gasteiger partial charge in [0.1, 0.15) is 12.4 Å². The number of imidazole rings is 1. The van der Waals surface area contributed by atoms with Gasteiger partial charge in [0, 0.05) is 5.56 Å². The van der Waals surface area contributed by atoms with E-state index in [4.69, 9.17) is 4.74 Å². The van der Waals surface area contributed by atoms with Crippen LogP contribution in [0.4, 0.5) is 0 Å². The van der Waals surface area contributed by atoms with E-state index in [1.807, 2.05) is 85.8 Å². The predicted molar refractivity (Wildman–Crippen MR) is 101 cm³/mol. The van der Waals surface area contributed by atoms with E-state index < -0.39 is 0 Å². The Morgan fingerprint density at radius 3 is 2.42 bits per heavy atom. The Morgan fingerprint density at radius 1 is 0.923 bits per heavy atom. The van der Waals surface area contributed by atoms with Crippen LogP contribution in [-0.2, 0) is 6.61 Å². The van der Waals surface area contributed by atoms with Crippen LogP contribution in [0.25, 0.3) is 11.0 Å². The van der Waals surface area contributed by atoms with E-state index in [-0.39, 0.29) is 12.5 Å². The Labute approximate surface area is 151 Å². The van der Waals surface area contributed by atoms with E-state index in [1.165, 1.54) is 0 Å². The number of para-hydroxylation sites is 3. The molecule has 0 spiro atoms. The van der Waals surface area contributed by atoms with Crippen molar-refractivity contribution in [3.63, 3.8) is 0 Å². The number of aromatic nitrogens is 2. The number of fused-ring (bicyclic) bond motifs is 1. The Bertz CT molecular complexity index is 1070. The molecular formula is C22H18N2O2. The van der Waals surface area contributed by atoms with Crippen molar-refractivity contribution < 1.29 is 9.53 Å². The van der Waals surface area contributed by atoms with Crippen molar-refractivity contribution in [2.75, 3.05) is 0 Å². The zero-order valence-electron chi connectivity index (χ0n) is 14.4. The summed E-state index contributed by atoms with van der Waals surface area (Å²) in [6.07, 6.45) is 0. The molecule has 4 aromatic rings. The molecule has 128 valence electrons. The van der Waals surface area contributed by atoms with Gasteiger partial charge in [-0.3, -0.25) is 9.36 Å². The Kier molecular flexibility index (Phi) is 4.23. The summed E-state index contributed by atoms with van der Waals surface area (Å²) in [4.78, 5) is 17.9. The molecule has 4 nitrogen and oxygen atoms in total. The molecule has 0 aliphatic heterocycles. The first-order chi connectivity index (χ1) is 12.7. The molecular weight excluding hydrogens is 324 g/mol. The second-order valence-corrected chi connectivity index (χ2v) is 6.07. The molecule has 26 heavy (non-hydrogen) atoms. The highest BCUT2D eigenvalue weighted by molar-refractivity contribution is 6.02. The molecule has 0 atom stereocenters. The average Bonchev–Trinajstić information content (AvgIpc) is 3.05. The third-order valence-corrected chi connectivity index (χ3v) is 4.32. The lowest BCUT2D eigenvalue weighted by Gasteiger charge is -2.11. The van der Waals surface area contributed by atoms with Gasteiger partial charge in [-0.15, -0.1) is 0 Å². The van der Waals surface area contributed by atoms with Crippen molar-refractivity contribution in [3.05, 3.63) is 95.8 Å². The van der Waals surface area contributed by atoms with E-state index in [0.29, 0.717) is 11.4 Å². The van der Waals surface area contributed by atoms with Crippen LogP contribution in [0, 0.1) is 6.92 Å². The normalized spacial score (nSPS) is 10.8. The van der Waals surface area contributed by atoms with Crippen molar-refractivity contribution in [2.45, 2.75) is 13.5 Å². The molecule has 0 saturated carbocycles. The van der Waals surface area contributed by atoms with Crippen LogP contribution in [0.15, 0.2) is 78.9 Å². The second-order valence-electron chi connectivity index (χ2n) is 6.07. The smallest absolute Gasteiger partial charge is 0.264 e.